The molecule has 1 saturated carbocycles. The summed E-state index contributed by atoms with van der Waals surface area (Å²) >= 11 is 0. The zero-order valence-electron chi connectivity index (χ0n) is 14.4. The zero-order valence-corrected chi connectivity index (χ0v) is 15.2. The van der Waals surface area contributed by atoms with Gasteiger partial charge in [0.1, 0.15) is 11.6 Å². The maximum atomic E-state index is 13.1. The summed E-state index contributed by atoms with van der Waals surface area (Å²) in [5, 5.41) is 0. The molecule has 0 bridgehead atoms. The molecule has 3 rings (SSSR count). The number of hydrogen-bond donors (Lipinski definition) is 0. The molecule has 1 aliphatic rings. The highest BCUT2D eigenvalue weighted by Gasteiger charge is 2.37. The summed E-state index contributed by atoms with van der Waals surface area (Å²) in [6.07, 6.45) is 2.08. The lowest BCUT2D eigenvalue weighted by Crippen LogP contribution is -2.40. The van der Waals surface area contributed by atoms with Crippen LogP contribution < -0.4 is 9.04 Å². The Kier molecular flexibility index (Phi) is 4.99. The lowest BCUT2D eigenvalue weighted by atomic mass is 10.2. The quantitative estimate of drug-likeness (QED) is 0.748. The summed E-state index contributed by atoms with van der Waals surface area (Å²) in [6, 6.07) is 12.5. The van der Waals surface area contributed by atoms with Gasteiger partial charge in [-0.2, -0.15) is 0 Å². The van der Waals surface area contributed by atoms with Crippen molar-refractivity contribution in [1.29, 1.82) is 0 Å². The maximum Gasteiger partial charge on any atom is 0.239 e. The van der Waals surface area contributed by atoms with E-state index in [0.29, 0.717) is 22.9 Å². The molecule has 1 aliphatic carbocycles. The van der Waals surface area contributed by atoms with Crippen LogP contribution in [0.25, 0.3) is 0 Å². The number of hydrogen-bond acceptors (Lipinski definition) is 3. The summed E-state index contributed by atoms with van der Waals surface area (Å²) in [4.78, 5) is 0. The van der Waals surface area contributed by atoms with Gasteiger partial charge in [-0.1, -0.05) is 12.1 Å². The van der Waals surface area contributed by atoms with Gasteiger partial charge < -0.3 is 4.74 Å². The Morgan fingerprint density at radius 1 is 1.12 bits per heavy atom. The normalized spacial score (nSPS) is 15.6. The molecule has 1 unspecified atom stereocenters. The van der Waals surface area contributed by atoms with Gasteiger partial charge in [0.25, 0.3) is 0 Å². The first-order valence-corrected chi connectivity index (χ1v) is 9.92. The number of methoxy groups -OCH3 is 1. The first-order valence-electron chi connectivity index (χ1n) is 8.31. The highest BCUT2D eigenvalue weighted by atomic mass is 32.2. The molecule has 0 aliphatic heterocycles. The van der Waals surface area contributed by atoms with Gasteiger partial charge in [0.2, 0.25) is 10.0 Å². The first-order chi connectivity index (χ1) is 11.9. The van der Waals surface area contributed by atoms with Crippen LogP contribution in [-0.4, -0.2) is 21.6 Å². The Bertz CT molecular complexity index is 815. The highest BCUT2D eigenvalue weighted by Crippen LogP contribution is 2.39. The first kappa shape index (κ1) is 17.7. The second-order valence-electron chi connectivity index (χ2n) is 6.45. The number of anilines is 1. The highest BCUT2D eigenvalue weighted by molar-refractivity contribution is 7.92. The van der Waals surface area contributed by atoms with Crippen molar-refractivity contribution in [1.82, 2.24) is 0 Å². The second kappa shape index (κ2) is 7.04. The average Bonchev–Trinajstić information content (AvgIpc) is 3.42. The fourth-order valence-electron chi connectivity index (χ4n) is 3.01. The lowest BCUT2D eigenvalue weighted by Gasteiger charge is -2.31. The fraction of sp³-hybridized carbons (Fsp3) is 0.368. The molecule has 1 atom stereocenters. The van der Waals surface area contributed by atoms with Crippen LogP contribution in [0.3, 0.4) is 0 Å². The van der Waals surface area contributed by atoms with Gasteiger partial charge in [0.05, 0.1) is 18.6 Å². The van der Waals surface area contributed by atoms with Crippen molar-refractivity contribution in [2.45, 2.75) is 31.6 Å². The van der Waals surface area contributed by atoms with Crippen LogP contribution in [0.15, 0.2) is 48.5 Å². The predicted octanol–water partition coefficient (Wildman–Crippen LogP) is 3.97. The van der Waals surface area contributed by atoms with Crippen LogP contribution in [0.4, 0.5) is 10.1 Å². The summed E-state index contributed by atoms with van der Waals surface area (Å²) in [7, 11) is -2.02. The molecule has 0 aromatic heterocycles. The van der Waals surface area contributed by atoms with E-state index in [0.717, 1.165) is 12.8 Å². The van der Waals surface area contributed by atoms with Crippen LogP contribution in [0.5, 0.6) is 5.75 Å². The standard InChI is InChI=1S/C19H22FNO3S/c1-14(16-5-6-16)21(18-9-11-19(24-2)12-10-18)25(22,23)13-15-3-7-17(20)8-4-15/h3-4,7-12,14,16H,5-6,13H2,1-2H3. The third-order valence-electron chi connectivity index (χ3n) is 4.56. The molecule has 2 aromatic carbocycles. The molecule has 2 aromatic rings. The molecule has 0 spiro atoms. The van der Waals surface area contributed by atoms with Gasteiger partial charge in [0.15, 0.2) is 0 Å². The number of nitrogens with zero attached hydrogens (tertiary/aromatic N) is 1. The Labute approximate surface area is 148 Å². The lowest BCUT2D eigenvalue weighted by molar-refractivity contribution is 0.415. The SMILES string of the molecule is COc1ccc(N(C(C)C2CC2)S(=O)(=O)Cc2ccc(F)cc2)cc1. The van der Waals surface area contributed by atoms with E-state index in [-0.39, 0.29) is 17.6 Å². The van der Waals surface area contributed by atoms with Crippen LogP contribution in [0, 0.1) is 11.7 Å². The molecule has 0 heterocycles. The van der Waals surface area contributed by atoms with E-state index in [4.69, 9.17) is 4.74 Å². The molecule has 0 saturated heterocycles. The van der Waals surface area contributed by atoms with Crippen molar-refractivity contribution >= 4 is 15.7 Å². The summed E-state index contributed by atoms with van der Waals surface area (Å²) in [5.41, 5.74) is 1.20. The number of benzene rings is 2. The van der Waals surface area contributed by atoms with Crippen LogP contribution in [0.1, 0.15) is 25.3 Å². The summed E-state index contributed by atoms with van der Waals surface area (Å²) < 4.78 is 46.0. The van der Waals surface area contributed by atoms with Crippen LogP contribution >= 0.6 is 0 Å². The van der Waals surface area contributed by atoms with Crippen LogP contribution in [-0.2, 0) is 15.8 Å². The predicted molar refractivity (Wildman–Crippen MR) is 96.7 cm³/mol. The van der Waals surface area contributed by atoms with E-state index in [1.807, 2.05) is 6.92 Å². The zero-order chi connectivity index (χ0) is 18.0. The summed E-state index contributed by atoms with van der Waals surface area (Å²) in [6.45, 7) is 1.95. The molecule has 6 heteroatoms. The van der Waals surface area contributed by atoms with Crippen LogP contribution in [0.2, 0.25) is 0 Å². The fourth-order valence-corrected chi connectivity index (χ4v) is 4.88. The van der Waals surface area contributed by atoms with Crippen molar-refractivity contribution in [3.63, 3.8) is 0 Å². The second-order valence-corrected chi connectivity index (χ2v) is 8.30. The van der Waals surface area contributed by atoms with E-state index in [1.54, 1.807) is 31.4 Å². The molecule has 0 N–H and O–H groups in total. The Morgan fingerprint density at radius 2 is 1.72 bits per heavy atom. The number of rotatable bonds is 7. The van der Waals surface area contributed by atoms with Gasteiger partial charge in [0, 0.05) is 6.04 Å². The van der Waals surface area contributed by atoms with Crippen molar-refractivity contribution < 1.29 is 17.5 Å². The third kappa shape index (κ3) is 4.12. The van der Waals surface area contributed by atoms with Gasteiger partial charge >= 0.3 is 0 Å². The molecule has 1 fully saturated rings. The van der Waals surface area contributed by atoms with Crippen molar-refractivity contribution in [3.05, 3.63) is 59.9 Å². The van der Waals surface area contributed by atoms with Gasteiger partial charge in [-0.05, 0) is 67.6 Å². The molecule has 0 radical (unpaired) electrons. The van der Waals surface area contributed by atoms with Crippen molar-refractivity contribution in [2.75, 3.05) is 11.4 Å². The molecule has 0 amide bonds. The van der Waals surface area contributed by atoms with Crippen molar-refractivity contribution in [3.8, 4) is 5.75 Å². The minimum absolute atomic E-state index is 0.112. The number of sulfonamides is 1. The number of ether oxygens (including phenoxy) is 1. The molecular weight excluding hydrogens is 341 g/mol. The number of halogens is 1. The van der Waals surface area contributed by atoms with E-state index in [9.17, 15) is 12.8 Å². The molecule has 134 valence electrons. The largest absolute Gasteiger partial charge is 0.497 e. The summed E-state index contributed by atoms with van der Waals surface area (Å²) in [5.74, 6) is 0.527. The molecule has 25 heavy (non-hydrogen) atoms. The van der Waals surface area contributed by atoms with E-state index in [2.05, 4.69) is 0 Å². The Morgan fingerprint density at radius 3 is 2.24 bits per heavy atom. The minimum Gasteiger partial charge on any atom is -0.497 e. The van der Waals surface area contributed by atoms with Gasteiger partial charge in [-0.15, -0.1) is 0 Å². The monoisotopic (exact) mass is 363 g/mol. The average molecular weight is 363 g/mol. The van der Waals surface area contributed by atoms with Gasteiger partial charge in [-0.25, -0.2) is 12.8 Å². The maximum absolute atomic E-state index is 13.1. The van der Waals surface area contributed by atoms with E-state index >= 15 is 0 Å². The van der Waals surface area contributed by atoms with Crippen molar-refractivity contribution in [2.24, 2.45) is 5.92 Å². The van der Waals surface area contributed by atoms with E-state index < -0.39 is 10.0 Å². The van der Waals surface area contributed by atoms with Gasteiger partial charge in [-0.3, -0.25) is 4.31 Å². The minimum atomic E-state index is -3.60. The smallest absolute Gasteiger partial charge is 0.239 e. The van der Waals surface area contributed by atoms with E-state index in [1.165, 1.54) is 28.6 Å². The third-order valence-corrected chi connectivity index (χ3v) is 6.40. The molecular formula is C19H22FNO3S. The Hall–Kier alpha value is -2.08. The Balaban J connectivity index is 1.92. The molecule has 4 nitrogen and oxygen atoms in total. The topological polar surface area (TPSA) is 46.6 Å².